The van der Waals surface area contributed by atoms with Crippen LogP contribution in [-0.4, -0.2) is 43.4 Å². The summed E-state index contributed by atoms with van der Waals surface area (Å²) in [6.45, 7) is 2.80. The molecular formula is C15H21N3O2. The molecular weight excluding hydrogens is 254 g/mol. The van der Waals surface area contributed by atoms with Crippen molar-refractivity contribution in [3.05, 3.63) is 29.3 Å². The molecule has 2 rings (SSSR count). The van der Waals surface area contributed by atoms with Crippen LogP contribution in [-0.2, 0) is 4.79 Å². The first kappa shape index (κ1) is 14.5. The van der Waals surface area contributed by atoms with Crippen LogP contribution >= 0.6 is 0 Å². The van der Waals surface area contributed by atoms with Crippen LogP contribution in [0.4, 0.5) is 5.69 Å². The van der Waals surface area contributed by atoms with Crippen LogP contribution in [0.3, 0.4) is 0 Å². The molecule has 0 saturated carbocycles. The number of carbonyl (C=O) groups is 2. The van der Waals surface area contributed by atoms with Crippen LogP contribution in [0.5, 0.6) is 0 Å². The lowest BCUT2D eigenvalue weighted by atomic mass is 10.1. The van der Waals surface area contributed by atoms with Gasteiger partial charge in [-0.2, -0.15) is 0 Å². The van der Waals surface area contributed by atoms with Gasteiger partial charge in [0.05, 0.1) is 6.04 Å². The summed E-state index contributed by atoms with van der Waals surface area (Å²) in [5.41, 5.74) is 2.23. The molecule has 2 amide bonds. The average molecular weight is 275 g/mol. The number of amides is 2. The van der Waals surface area contributed by atoms with E-state index in [1.807, 2.05) is 13.0 Å². The average Bonchev–Trinajstić information content (AvgIpc) is 2.94. The van der Waals surface area contributed by atoms with Crippen LogP contribution in [0.25, 0.3) is 0 Å². The highest BCUT2D eigenvalue weighted by Gasteiger charge is 2.22. The molecule has 5 heteroatoms. The van der Waals surface area contributed by atoms with Crippen molar-refractivity contribution >= 4 is 17.5 Å². The minimum absolute atomic E-state index is 0.0277. The molecule has 1 saturated heterocycles. The topological polar surface area (TPSA) is 61.4 Å². The molecule has 0 aliphatic carbocycles. The van der Waals surface area contributed by atoms with Gasteiger partial charge in [0, 0.05) is 25.3 Å². The van der Waals surface area contributed by atoms with Crippen molar-refractivity contribution in [1.82, 2.24) is 10.2 Å². The number of anilines is 1. The number of hydrogen-bond donors (Lipinski definition) is 2. The van der Waals surface area contributed by atoms with E-state index in [0.717, 1.165) is 24.9 Å². The number of nitrogens with zero attached hydrogens (tertiary/aromatic N) is 1. The van der Waals surface area contributed by atoms with Gasteiger partial charge in [0.2, 0.25) is 5.91 Å². The van der Waals surface area contributed by atoms with Crippen LogP contribution in [0.15, 0.2) is 18.2 Å². The van der Waals surface area contributed by atoms with Gasteiger partial charge in [-0.25, -0.2) is 0 Å². The quantitative estimate of drug-likeness (QED) is 0.876. The van der Waals surface area contributed by atoms with Crippen LogP contribution in [0, 0.1) is 6.92 Å². The smallest absolute Gasteiger partial charge is 0.253 e. The van der Waals surface area contributed by atoms with Crippen molar-refractivity contribution in [3.8, 4) is 0 Å². The number of benzene rings is 1. The fourth-order valence-corrected chi connectivity index (χ4v) is 2.28. The highest BCUT2D eigenvalue weighted by Crippen LogP contribution is 2.19. The number of aryl methyl sites for hydroxylation is 1. The minimum Gasteiger partial charge on any atom is -0.345 e. The summed E-state index contributed by atoms with van der Waals surface area (Å²) >= 11 is 0. The highest BCUT2D eigenvalue weighted by atomic mass is 16.2. The predicted octanol–water partition coefficient (Wildman–Crippen LogP) is 1.39. The summed E-state index contributed by atoms with van der Waals surface area (Å²) in [5, 5.41) is 6.08. The van der Waals surface area contributed by atoms with E-state index in [4.69, 9.17) is 0 Å². The molecule has 5 nitrogen and oxygen atoms in total. The first-order chi connectivity index (χ1) is 9.49. The first-order valence-corrected chi connectivity index (χ1v) is 6.85. The molecule has 0 radical (unpaired) electrons. The van der Waals surface area contributed by atoms with E-state index in [1.165, 1.54) is 4.90 Å². The molecule has 2 N–H and O–H groups in total. The first-order valence-electron chi connectivity index (χ1n) is 6.85. The Morgan fingerprint density at radius 2 is 2.10 bits per heavy atom. The van der Waals surface area contributed by atoms with Crippen molar-refractivity contribution in [2.24, 2.45) is 0 Å². The van der Waals surface area contributed by atoms with E-state index >= 15 is 0 Å². The zero-order valence-corrected chi connectivity index (χ0v) is 12.2. The van der Waals surface area contributed by atoms with Crippen molar-refractivity contribution < 1.29 is 9.59 Å². The molecule has 1 aliphatic heterocycles. The van der Waals surface area contributed by atoms with Gasteiger partial charge in [0.25, 0.3) is 5.91 Å². The molecule has 0 spiro atoms. The predicted molar refractivity (Wildman–Crippen MR) is 78.9 cm³/mol. The Hall–Kier alpha value is -1.88. The number of carbonyl (C=O) groups excluding carboxylic acids is 2. The van der Waals surface area contributed by atoms with Gasteiger partial charge in [0.15, 0.2) is 0 Å². The van der Waals surface area contributed by atoms with Gasteiger partial charge in [-0.05, 0) is 44.0 Å². The van der Waals surface area contributed by atoms with Crippen LogP contribution in [0.2, 0.25) is 0 Å². The minimum atomic E-state index is -0.123. The Balaban J connectivity index is 2.16. The second-order valence-electron chi connectivity index (χ2n) is 5.37. The zero-order valence-electron chi connectivity index (χ0n) is 12.2. The lowest BCUT2D eigenvalue weighted by Gasteiger charge is -2.15. The standard InChI is InChI=1S/C15H21N3O2/c1-10-6-7-11(15(20)18(2)3)9-13(10)17-14(19)12-5-4-8-16-12/h6-7,9,12,16H,4-5,8H2,1-3H3,(H,17,19)/t12-/m1/s1. The van der Waals surface area contributed by atoms with Crippen LogP contribution < -0.4 is 10.6 Å². The molecule has 1 heterocycles. The van der Waals surface area contributed by atoms with E-state index in [-0.39, 0.29) is 17.9 Å². The third-order valence-electron chi connectivity index (χ3n) is 3.53. The van der Waals surface area contributed by atoms with Gasteiger partial charge in [-0.1, -0.05) is 6.07 Å². The molecule has 0 aromatic heterocycles. The lowest BCUT2D eigenvalue weighted by Crippen LogP contribution is -2.35. The second-order valence-corrected chi connectivity index (χ2v) is 5.37. The molecule has 20 heavy (non-hydrogen) atoms. The molecule has 1 aromatic carbocycles. The maximum Gasteiger partial charge on any atom is 0.253 e. The van der Waals surface area contributed by atoms with E-state index in [9.17, 15) is 9.59 Å². The van der Waals surface area contributed by atoms with E-state index in [2.05, 4.69) is 10.6 Å². The number of nitrogens with one attached hydrogen (secondary N) is 2. The molecule has 1 atom stereocenters. The molecule has 1 aliphatic rings. The lowest BCUT2D eigenvalue weighted by molar-refractivity contribution is -0.117. The molecule has 0 bridgehead atoms. The summed E-state index contributed by atoms with van der Waals surface area (Å²) in [6.07, 6.45) is 1.89. The Morgan fingerprint density at radius 1 is 1.35 bits per heavy atom. The summed E-state index contributed by atoms with van der Waals surface area (Å²) in [7, 11) is 3.42. The zero-order chi connectivity index (χ0) is 14.7. The molecule has 1 fully saturated rings. The maximum atomic E-state index is 12.1. The Labute approximate surface area is 119 Å². The van der Waals surface area contributed by atoms with Gasteiger partial charge >= 0.3 is 0 Å². The van der Waals surface area contributed by atoms with Crippen molar-refractivity contribution in [3.63, 3.8) is 0 Å². The highest BCUT2D eigenvalue weighted by molar-refractivity contribution is 5.99. The monoisotopic (exact) mass is 275 g/mol. The Kier molecular flexibility index (Phi) is 4.39. The number of rotatable bonds is 3. The fourth-order valence-electron chi connectivity index (χ4n) is 2.28. The summed E-state index contributed by atoms with van der Waals surface area (Å²) in [5.74, 6) is -0.0976. The van der Waals surface area contributed by atoms with Crippen LogP contribution in [0.1, 0.15) is 28.8 Å². The van der Waals surface area contributed by atoms with E-state index in [0.29, 0.717) is 11.3 Å². The number of hydrogen-bond acceptors (Lipinski definition) is 3. The van der Waals surface area contributed by atoms with Crippen molar-refractivity contribution in [2.75, 3.05) is 26.0 Å². The fraction of sp³-hybridized carbons (Fsp3) is 0.467. The van der Waals surface area contributed by atoms with Gasteiger partial charge < -0.3 is 15.5 Å². The summed E-state index contributed by atoms with van der Waals surface area (Å²) < 4.78 is 0. The van der Waals surface area contributed by atoms with Gasteiger partial charge in [-0.3, -0.25) is 9.59 Å². The van der Waals surface area contributed by atoms with E-state index < -0.39 is 0 Å². The van der Waals surface area contributed by atoms with Gasteiger partial charge in [-0.15, -0.1) is 0 Å². The molecule has 1 aromatic rings. The Bertz CT molecular complexity index is 520. The van der Waals surface area contributed by atoms with E-state index in [1.54, 1.807) is 26.2 Å². The SMILES string of the molecule is Cc1ccc(C(=O)N(C)C)cc1NC(=O)[C@H]1CCCN1. The molecule has 108 valence electrons. The largest absolute Gasteiger partial charge is 0.345 e. The molecule has 0 unspecified atom stereocenters. The second kappa shape index (κ2) is 6.05. The third-order valence-corrected chi connectivity index (χ3v) is 3.53. The maximum absolute atomic E-state index is 12.1. The Morgan fingerprint density at radius 3 is 2.70 bits per heavy atom. The summed E-state index contributed by atoms with van der Waals surface area (Å²) in [6, 6.07) is 5.25. The van der Waals surface area contributed by atoms with Gasteiger partial charge in [0.1, 0.15) is 0 Å². The van der Waals surface area contributed by atoms with Crippen molar-refractivity contribution in [2.45, 2.75) is 25.8 Å². The summed E-state index contributed by atoms with van der Waals surface area (Å²) in [4.78, 5) is 25.6. The normalized spacial score (nSPS) is 17.9. The third kappa shape index (κ3) is 3.17. The van der Waals surface area contributed by atoms with Crippen molar-refractivity contribution in [1.29, 1.82) is 0 Å².